The minimum Gasteiger partial charge on any atom is -0.376 e. The fraction of sp³-hybridized carbons (Fsp3) is 0.0500. The Labute approximate surface area is 129 Å². The molecule has 2 nitrogen and oxygen atoms in total. The van der Waals surface area contributed by atoms with Crippen LogP contribution >= 0.6 is 0 Å². The highest BCUT2D eigenvalue weighted by Gasteiger charge is 2.33. The highest BCUT2D eigenvalue weighted by Crippen LogP contribution is 2.36. The fourth-order valence-corrected chi connectivity index (χ4v) is 2.64. The van der Waals surface area contributed by atoms with E-state index in [-0.39, 0.29) is 0 Å². The second-order valence-corrected chi connectivity index (χ2v) is 5.13. The van der Waals surface area contributed by atoms with Crippen molar-refractivity contribution < 1.29 is 5.11 Å². The molecule has 0 saturated carbocycles. The zero-order chi connectivity index (χ0) is 15.4. The van der Waals surface area contributed by atoms with E-state index in [1.54, 1.807) is 24.3 Å². The van der Waals surface area contributed by atoms with Crippen molar-refractivity contribution in [1.82, 2.24) is 0 Å². The molecule has 0 aliphatic carbocycles. The zero-order valence-electron chi connectivity index (χ0n) is 12.0. The Morgan fingerprint density at radius 2 is 1.05 bits per heavy atom. The highest BCUT2D eigenvalue weighted by atomic mass is 16.3. The first-order valence-electron chi connectivity index (χ1n) is 7.09. The molecule has 2 heteroatoms. The summed E-state index contributed by atoms with van der Waals surface area (Å²) in [6, 6.07) is 28.3. The first kappa shape index (κ1) is 14.1. The number of hydrogen-bond acceptors (Lipinski definition) is 2. The standard InChI is InChI=1S/C20H15NO/c21-15-16-11-13-19(14-12-16)20(22,17-7-3-1-4-8-17)18-9-5-2-6-10-18/h1-14,22H. The number of rotatable bonds is 3. The molecular formula is C20H15NO. The van der Waals surface area contributed by atoms with E-state index in [2.05, 4.69) is 6.07 Å². The van der Waals surface area contributed by atoms with Gasteiger partial charge in [0.1, 0.15) is 5.60 Å². The maximum atomic E-state index is 11.5. The Balaban J connectivity index is 2.21. The molecule has 0 fully saturated rings. The van der Waals surface area contributed by atoms with Crippen molar-refractivity contribution in [1.29, 1.82) is 5.26 Å². The summed E-state index contributed by atoms with van der Waals surface area (Å²) in [5, 5.41) is 20.5. The normalized spacial score (nSPS) is 10.9. The van der Waals surface area contributed by atoms with Crippen molar-refractivity contribution in [3.05, 3.63) is 107 Å². The Hall–Kier alpha value is -2.89. The molecule has 0 spiro atoms. The van der Waals surface area contributed by atoms with E-state index in [9.17, 15) is 5.11 Å². The van der Waals surface area contributed by atoms with Crippen LogP contribution in [0.3, 0.4) is 0 Å². The van der Waals surface area contributed by atoms with Gasteiger partial charge < -0.3 is 5.11 Å². The molecule has 0 heterocycles. The monoisotopic (exact) mass is 285 g/mol. The predicted octanol–water partition coefficient (Wildman–Crippen LogP) is 3.84. The lowest BCUT2D eigenvalue weighted by Gasteiger charge is -2.30. The fourth-order valence-electron chi connectivity index (χ4n) is 2.64. The molecule has 0 saturated heterocycles. The average Bonchev–Trinajstić information content (AvgIpc) is 2.62. The SMILES string of the molecule is N#Cc1ccc(C(O)(c2ccccc2)c2ccccc2)cc1. The maximum Gasteiger partial charge on any atom is 0.140 e. The first-order valence-corrected chi connectivity index (χ1v) is 7.09. The summed E-state index contributed by atoms with van der Waals surface area (Å²) in [7, 11) is 0. The van der Waals surface area contributed by atoms with Crippen molar-refractivity contribution in [3.63, 3.8) is 0 Å². The van der Waals surface area contributed by atoms with Crippen LogP contribution in [0.15, 0.2) is 84.9 Å². The van der Waals surface area contributed by atoms with Gasteiger partial charge in [-0.1, -0.05) is 72.8 Å². The van der Waals surface area contributed by atoms with Gasteiger partial charge in [-0.3, -0.25) is 0 Å². The van der Waals surface area contributed by atoms with Gasteiger partial charge in [0.25, 0.3) is 0 Å². The molecule has 0 unspecified atom stereocenters. The molecule has 0 amide bonds. The summed E-state index contributed by atoms with van der Waals surface area (Å²) < 4.78 is 0. The Morgan fingerprint density at radius 3 is 1.45 bits per heavy atom. The summed E-state index contributed by atoms with van der Waals surface area (Å²) in [6.45, 7) is 0. The summed E-state index contributed by atoms with van der Waals surface area (Å²) in [4.78, 5) is 0. The average molecular weight is 285 g/mol. The molecule has 22 heavy (non-hydrogen) atoms. The van der Waals surface area contributed by atoms with Gasteiger partial charge in [0, 0.05) is 0 Å². The number of hydrogen-bond donors (Lipinski definition) is 1. The van der Waals surface area contributed by atoms with Gasteiger partial charge in [-0.2, -0.15) is 5.26 Å². The summed E-state index contributed by atoms with van der Waals surface area (Å²) in [6.07, 6.45) is 0. The van der Waals surface area contributed by atoms with Crippen LogP contribution in [0.4, 0.5) is 0 Å². The Morgan fingerprint density at radius 1 is 0.636 bits per heavy atom. The van der Waals surface area contributed by atoms with E-state index in [1.165, 1.54) is 0 Å². The van der Waals surface area contributed by atoms with E-state index in [1.807, 2.05) is 60.7 Å². The maximum absolute atomic E-state index is 11.5. The third-order valence-corrected chi connectivity index (χ3v) is 3.81. The van der Waals surface area contributed by atoms with Crippen LogP contribution in [0.1, 0.15) is 22.3 Å². The van der Waals surface area contributed by atoms with Gasteiger partial charge in [-0.05, 0) is 28.8 Å². The lowest BCUT2D eigenvalue weighted by molar-refractivity contribution is 0.125. The minimum atomic E-state index is -1.24. The van der Waals surface area contributed by atoms with Gasteiger partial charge in [0.2, 0.25) is 0 Å². The Bertz CT molecular complexity index is 747. The molecule has 0 radical (unpaired) electrons. The predicted molar refractivity (Wildman–Crippen MR) is 86.1 cm³/mol. The van der Waals surface area contributed by atoms with Crippen LogP contribution in [-0.2, 0) is 5.60 Å². The van der Waals surface area contributed by atoms with Crippen LogP contribution in [0.2, 0.25) is 0 Å². The molecule has 1 N–H and O–H groups in total. The lowest BCUT2D eigenvalue weighted by Crippen LogP contribution is -2.28. The van der Waals surface area contributed by atoms with Gasteiger partial charge in [0.05, 0.1) is 11.6 Å². The van der Waals surface area contributed by atoms with E-state index in [4.69, 9.17) is 5.26 Å². The van der Waals surface area contributed by atoms with Crippen LogP contribution < -0.4 is 0 Å². The van der Waals surface area contributed by atoms with Crippen molar-refractivity contribution >= 4 is 0 Å². The van der Waals surface area contributed by atoms with E-state index in [0.717, 1.165) is 16.7 Å². The third kappa shape index (κ3) is 2.39. The molecule has 0 aromatic heterocycles. The van der Waals surface area contributed by atoms with Crippen molar-refractivity contribution in [2.45, 2.75) is 5.60 Å². The van der Waals surface area contributed by atoms with Gasteiger partial charge in [-0.15, -0.1) is 0 Å². The number of nitriles is 1. The van der Waals surface area contributed by atoms with Crippen LogP contribution in [-0.4, -0.2) is 5.11 Å². The van der Waals surface area contributed by atoms with Crippen molar-refractivity contribution in [2.75, 3.05) is 0 Å². The first-order chi connectivity index (χ1) is 10.7. The third-order valence-electron chi connectivity index (χ3n) is 3.81. The van der Waals surface area contributed by atoms with Crippen molar-refractivity contribution in [2.24, 2.45) is 0 Å². The topological polar surface area (TPSA) is 44.0 Å². The largest absolute Gasteiger partial charge is 0.376 e. The molecule has 0 bridgehead atoms. The van der Waals surface area contributed by atoms with Gasteiger partial charge in [0.15, 0.2) is 0 Å². The van der Waals surface area contributed by atoms with Gasteiger partial charge in [-0.25, -0.2) is 0 Å². The number of benzene rings is 3. The highest BCUT2D eigenvalue weighted by molar-refractivity contribution is 5.48. The lowest BCUT2D eigenvalue weighted by atomic mass is 9.80. The van der Waals surface area contributed by atoms with E-state index in [0.29, 0.717) is 5.56 Å². The molecule has 0 atom stereocenters. The number of nitrogens with zero attached hydrogens (tertiary/aromatic N) is 1. The molecule has 3 aromatic carbocycles. The minimum absolute atomic E-state index is 0.576. The second-order valence-electron chi connectivity index (χ2n) is 5.13. The summed E-state index contributed by atoms with van der Waals surface area (Å²) in [5.41, 5.74) is 1.67. The molecule has 0 aliphatic heterocycles. The second kappa shape index (κ2) is 5.85. The molecule has 0 aliphatic rings. The molecule has 106 valence electrons. The smallest absolute Gasteiger partial charge is 0.140 e. The molecular weight excluding hydrogens is 270 g/mol. The quantitative estimate of drug-likeness (QED) is 0.743. The van der Waals surface area contributed by atoms with E-state index < -0.39 is 5.60 Å². The Kier molecular flexibility index (Phi) is 3.74. The molecule has 3 rings (SSSR count). The zero-order valence-corrected chi connectivity index (χ0v) is 12.0. The van der Waals surface area contributed by atoms with Crippen LogP contribution in [0.25, 0.3) is 0 Å². The van der Waals surface area contributed by atoms with Gasteiger partial charge >= 0.3 is 0 Å². The summed E-state index contributed by atoms with van der Waals surface area (Å²) >= 11 is 0. The van der Waals surface area contributed by atoms with Crippen LogP contribution in [0, 0.1) is 11.3 Å². The summed E-state index contributed by atoms with van der Waals surface area (Å²) in [5.74, 6) is 0. The van der Waals surface area contributed by atoms with Crippen LogP contribution in [0.5, 0.6) is 0 Å². The van der Waals surface area contributed by atoms with E-state index >= 15 is 0 Å². The molecule has 3 aromatic rings. The number of aliphatic hydroxyl groups is 1. The van der Waals surface area contributed by atoms with Crippen molar-refractivity contribution in [3.8, 4) is 6.07 Å².